The Bertz CT molecular complexity index is 710. The van der Waals surface area contributed by atoms with E-state index >= 15 is 0 Å². The molecule has 7 nitrogen and oxygen atoms in total. The number of morpholine rings is 1. The molecule has 132 valence electrons. The summed E-state index contributed by atoms with van der Waals surface area (Å²) in [6.45, 7) is 1.91. The van der Waals surface area contributed by atoms with Crippen LogP contribution in [0, 0.1) is 0 Å². The number of amides is 1. The van der Waals surface area contributed by atoms with Crippen LogP contribution in [-0.2, 0) is 31.9 Å². The molecule has 24 heavy (non-hydrogen) atoms. The first-order chi connectivity index (χ1) is 11.4. The van der Waals surface area contributed by atoms with E-state index in [-0.39, 0.29) is 18.2 Å². The predicted octanol–water partition coefficient (Wildman–Crippen LogP) is -0.0439. The fourth-order valence-electron chi connectivity index (χ4n) is 2.70. The maximum atomic E-state index is 12.6. The molecule has 1 saturated carbocycles. The second-order valence-electron chi connectivity index (χ2n) is 6.38. The Balaban J connectivity index is 1.68. The Kier molecular flexibility index (Phi) is 4.91. The van der Waals surface area contributed by atoms with E-state index in [2.05, 4.69) is 5.32 Å². The number of rotatable bonds is 6. The number of nitrogens with two attached hydrogens (primary N) is 1. The van der Waals surface area contributed by atoms with E-state index in [1.807, 2.05) is 12.1 Å². The SMILES string of the molecule is NC1(C(=O)NCc2ccccc2CS(=O)(=O)N2CCOCC2)CC1. The van der Waals surface area contributed by atoms with Gasteiger partial charge in [0.05, 0.1) is 24.5 Å². The average Bonchev–Trinajstić information content (AvgIpc) is 3.33. The quantitative estimate of drug-likeness (QED) is 0.747. The van der Waals surface area contributed by atoms with Gasteiger partial charge in [0, 0.05) is 19.6 Å². The van der Waals surface area contributed by atoms with Crippen molar-refractivity contribution < 1.29 is 17.9 Å². The molecule has 0 atom stereocenters. The summed E-state index contributed by atoms with van der Waals surface area (Å²) < 4.78 is 31.8. The monoisotopic (exact) mass is 353 g/mol. The molecule has 3 rings (SSSR count). The molecule has 0 aromatic heterocycles. The van der Waals surface area contributed by atoms with Crippen LogP contribution in [-0.4, -0.2) is 50.5 Å². The van der Waals surface area contributed by atoms with Crippen LogP contribution in [0.2, 0.25) is 0 Å². The van der Waals surface area contributed by atoms with Crippen molar-refractivity contribution in [1.82, 2.24) is 9.62 Å². The largest absolute Gasteiger partial charge is 0.379 e. The Morgan fingerprint density at radius 1 is 1.21 bits per heavy atom. The lowest BCUT2D eigenvalue weighted by Crippen LogP contribution is -2.42. The molecule has 1 aromatic rings. The van der Waals surface area contributed by atoms with Gasteiger partial charge in [-0.25, -0.2) is 8.42 Å². The Labute approximate surface area is 142 Å². The summed E-state index contributed by atoms with van der Waals surface area (Å²) >= 11 is 0. The first-order valence-electron chi connectivity index (χ1n) is 8.10. The van der Waals surface area contributed by atoms with E-state index in [0.29, 0.717) is 44.7 Å². The topological polar surface area (TPSA) is 102 Å². The average molecular weight is 353 g/mol. The molecule has 0 bridgehead atoms. The van der Waals surface area contributed by atoms with Crippen molar-refractivity contribution in [2.45, 2.75) is 30.7 Å². The molecule has 1 amide bonds. The lowest BCUT2D eigenvalue weighted by atomic mass is 10.1. The van der Waals surface area contributed by atoms with E-state index in [1.165, 1.54) is 4.31 Å². The van der Waals surface area contributed by atoms with Gasteiger partial charge in [-0.2, -0.15) is 4.31 Å². The molecule has 0 radical (unpaired) electrons. The summed E-state index contributed by atoms with van der Waals surface area (Å²) in [5, 5.41) is 2.81. The summed E-state index contributed by atoms with van der Waals surface area (Å²) in [5.74, 6) is -0.249. The zero-order chi connectivity index (χ0) is 17.2. The third-order valence-corrected chi connectivity index (χ3v) is 6.33. The van der Waals surface area contributed by atoms with Gasteiger partial charge in [-0.05, 0) is 24.0 Å². The van der Waals surface area contributed by atoms with Gasteiger partial charge >= 0.3 is 0 Å². The first-order valence-corrected chi connectivity index (χ1v) is 9.71. The number of sulfonamides is 1. The number of hydrogen-bond donors (Lipinski definition) is 2. The van der Waals surface area contributed by atoms with Gasteiger partial charge in [-0.15, -0.1) is 0 Å². The molecule has 2 fully saturated rings. The summed E-state index contributed by atoms with van der Waals surface area (Å²) in [7, 11) is -3.40. The van der Waals surface area contributed by atoms with Crippen LogP contribution in [0.4, 0.5) is 0 Å². The Morgan fingerprint density at radius 3 is 2.46 bits per heavy atom. The van der Waals surface area contributed by atoms with Crippen LogP contribution in [0.1, 0.15) is 24.0 Å². The highest BCUT2D eigenvalue weighted by atomic mass is 32.2. The van der Waals surface area contributed by atoms with Gasteiger partial charge in [0.2, 0.25) is 15.9 Å². The predicted molar refractivity (Wildman–Crippen MR) is 89.5 cm³/mol. The molecule has 1 saturated heterocycles. The highest BCUT2D eigenvalue weighted by molar-refractivity contribution is 7.88. The second kappa shape index (κ2) is 6.79. The molecule has 1 heterocycles. The van der Waals surface area contributed by atoms with E-state index < -0.39 is 15.6 Å². The fraction of sp³-hybridized carbons (Fsp3) is 0.562. The van der Waals surface area contributed by atoms with Crippen LogP contribution in [0.25, 0.3) is 0 Å². The number of carbonyl (C=O) groups is 1. The minimum atomic E-state index is -3.40. The maximum absolute atomic E-state index is 12.6. The molecule has 8 heteroatoms. The van der Waals surface area contributed by atoms with E-state index in [0.717, 1.165) is 5.56 Å². The number of ether oxygens (including phenoxy) is 1. The summed E-state index contributed by atoms with van der Waals surface area (Å²) in [5.41, 5.74) is 6.64. The fourth-order valence-corrected chi connectivity index (χ4v) is 4.26. The van der Waals surface area contributed by atoms with Crippen molar-refractivity contribution in [3.05, 3.63) is 35.4 Å². The molecule has 2 aliphatic rings. The zero-order valence-electron chi connectivity index (χ0n) is 13.5. The maximum Gasteiger partial charge on any atom is 0.240 e. The van der Waals surface area contributed by atoms with E-state index in [4.69, 9.17) is 10.5 Å². The lowest BCUT2D eigenvalue weighted by Gasteiger charge is -2.26. The van der Waals surface area contributed by atoms with Gasteiger partial charge < -0.3 is 15.8 Å². The normalized spacial score (nSPS) is 20.5. The molecule has 0 spiro atoms. The van der Waals surface area contributed by atoms with Crippen molar-refractivity contribution >= 4 is 15.9 Å². The van der Waals surface area contributed by atoms with Crippen molar-refractivity contribution in [1.29, 1.82) is 0 Å². The van der Waals surface area contributed by atoms with Crippen LogP contribution in [0.15, 0.2) is 24.3 Å². The minimum absolute atomic E-state index is 0.0766. The molecular formula is C16H23N3O4S. The third kappa shape index (κ3) is 3.94. The molecule has 0 unspecified atom stereocenters. The number of benzene rings is 1. The van der Waals surface area contributed by atoms with Gasteiger partial charge in [0.25, 0.3) is 0 Å². The Morgan fingerprint density at radius 2 is 1.83 bits per heavy atom. The number of nitrogens with one attached hydrogen (secondary N) is 1. The van der Waals surface area contributed by atoms with Crippen molar-refractivity contribution in [2.75, 3.05) is 26.3 Å². The molecule has 3 N–H and O–H groups in total. The van der Waals surface area contributed by atoms with Crippen LogP contribution < -0.4 is 11.1 Å². The molecular weight excluding hydrogens is 330 g/mol. The first kappa shape index (κ1) is 17.3. The van der Waals surface area contributed by atoms with Crippen molar-refractivity contribution in [3.8, 4) is 0 Å². The molecule has 1 aliphatic carbocycles. The van der Waals surface area contributed by atoms with Crippen LogP contribution in [0.5, 0.6) is 0 Å². The number of nitrogens with zero attached hydrogens (tertiary/aromatic N) is 1. The molecule has 1 aliphatic heterocycles. The van der Waals surface area contributed by atoms with Crippen molar-refractivity contribution in [2.24, 2.45) is 5.73 Å². The second-order valence-corrected chi connectivity index (χ2v) is 8.34. The van der Waals surface area contributed by atoms with Crippen LogP contribution in [0.3, 0.4) is 0 Å². The smallest absolute Gasteiger partial charge is 0.240 e. The van der Waals surface area contributed by atoms with Crippen LogP contribution >= 0.6 is 0 Å². The highest BCUT2D eigenvalue weighted by Gasteiger charge is 2.45. The van der Waals surface area contributed by atoms with Gasteiger partial charge in [-0.1, -0.05) is 24.3 Å². The van der Waals surface area contributed by atoms with E-state index in [1.54, 1.807) is 12.1 Å². The number of hydrogen-bond acceptors (Lipinski definition) is 5. The van der Waals surface area contributed by atoms with E-state index in [9.17, 15) is 13.2 Å². The van der Waals surface area contributed by atoms with Gasteiger partial charge in [-0.3, -0.25) is 4.79 Å². The van der Waals surface area contributed by atoms with Gasteiger partial charge in [0.15, 0.2) is 0 Å². The lowest BCUT2D eigenvalue weighted by molar-refractivity contribution is -0.123. The highest BCUT2D eigenvalue weighted by Crippen LogP contribution is 2.32. The molecule has 1 aromatic carbocycles. The summed E-state index contributed by atoms with van der Waals surface area (Å²) in [6.07, 6.45) is 1.40. The standard InChI is InChI=1S/C16H23N3O4S/c17-16(5-6-16)15(20)18-11-13-3-1-2-4-14(13)12-24(21,22)19-7-9-23-10-8-19/h1-4H,5-12,17H2,(H,18,20). The minimum Gasteiger partial charge on any atom is -0.379 e. The zero-order valence-corrected chi connectivity index (χ0v) is 14.3. The Hall–Kier alpha value is -1.48. The summed E-state index contributed by atoms with van der Waals surface area (Å²) in [6, 6.07) is 7.26. The van der Waals surface area contributed by atoms with Crippen molar-refractivity contribution in [3.63, 3.8) is 0 Å². The summed E-state index contributed by atoms with van der Waals surface area (Å²) in [4.78, 5) is 12.0. The van der Waals surface area contributed by atoms with Gasteiger partial charge in [0.1, 0.15) is 0 Å². The number of carbonyl (C=O) groups excluding carboxylic acids is 1. The third-order valence-electron chi connectivity index (χ3n) is 4.50.